The average Bonchev–Trinajstić information content (AvgIpc) is 2.79. The fourth-order valence-corrected chi connectivity index (χ4v) is 3.58. The molecule has 0 aliphatic rings. The van der Waals surface area contributed by atoms with Crippen LogP contribution in [0.2, 0.25) is 10.0 Å². The van der Waals surface area contributed by atoms with Gasteiger partial charge in [0.1, 0.15) is 11.6 Å². The molecule has 6 nitrogen and oxygen atoms in total. The Morgan fingerprint density at radius 1 is 1.00 bits per heavy atom. The number of carboxylic acids is 1. The first-order chi connectivity index (χ1) is 16.8. The second kappa shape index (κ2) is 10.5. The van der Waals surface area contributed by atoms with E-state index in [0.29, 0.717) is 17.7 Å². The number of rotatable bonds is 7. The highest BCUT2D eigenvalue weighted by Gasteiger charge is 2.32. The Morgan fingerprint density at radius 2 is 1.69 bits per heavy atom. The van der Waals surface area contributed by atoms with Gasteiger partial charge in [0.05, 0.1) is 21.7 Å². The number of halogens is 6. The van der Waals surface area contributed by atoms with Gasteiger partial charge in [0.15, 0.2) is 12.4 Å². The van der Waals surface area contributed by atoms with Crippen LogP contribution in [0.4, 0.5) is 23.2 Å². The number of alkyl halides is 3. The summed E-state index contributed by atoms with van der Waals surface area (Å²) < 4.78 is 58.4. The number of ether oxygens (including phenoxy) is 1. The highest BCUT2D eigenvalue weighted by atomic mass is 35.5. The lowest BCUT2D eigenvalue weighted by atomic mass is 10.00. The third kappa shape index (κ3) is 6.13. The third-order valence-electron chi connectivity index (χ3n) is 4.92. The molecule has 0 atom stereocenters. The topological polar surface area (TPSA) is 92.7 Å². The van der Waals surface area contributed by atoms with Gasteiger partial charge in [-0.05, 0) is 61.0 Å². The van der Waals surface area contributed by atoms with Crippen LogP contribution in [0.3, 0.4) is 0 Å². The molecular formula is C24H15Cl2F4NO5. The molecule has 0 radical (unpaired) electrons. The van der Waals surface area contributed by atoms with Crippen molar-refractivity contribution >= 4 is 46.5 Å². The minimum absolute atomic E-state index is 0.0476. The maximum absolute atomic E-state index is 13.8. The number of anilines is 1. The molecule has 0 saturated heterocycles. The fourth-order valence-electron chi connectivity index (χ4n) is 3.16. The lowest BCUT2D eigenvalue weighted by Gasteiger charge is -2.14. The normalized spacial score (nSPS) is 11.2. The van der Waals surface area contributed by atoms with Crippen LogP contribution >= 0.6 is 23.2 Å². The van der Waals surface area contributed by atoms with Gasteiger partial charge in [-0.3, -0.25) is 9.59 Å². The number of hydrogen-bond donors (Lipinski definition) is 2. The zero-order valence-corrected chi connectivity index (χ0v) is 19.7. The zero-order chi connectivity index (χ0) is 26.8. The molecule has 12 heteroatoms. The van der Waals surface area contributed by atoms with Gasteiger partial charge in [-0.25, -0.2) is 9.18 Å². The molecule has 3 aromatic carbocycles. The van der Waals surface area contributed by atoms with Gasteiger partial charge in [-0.15, -0.1) is 0 Å². The molecule has 3 aromatic rings. The van der Waals surface area contributed by atoms with E-state index < -0.39 is 47.4 Å². The smallest absolute Gasteiger partial charge is 0.416 e. The van der Waals surface area contributed by atoms with Crippen molar-refractivity contribution in [2.45, 2.75) is 13.1 Å². The maximum atomic E-state index is 13.8. The van der Waals surface area contributed by atoms with Gasteiger partial charge in [-0.1, -0.05) is 23.2 Å². The molecule has 36 heavy (non-hydrogen) atoms. The zero-order valence-electron chi connectivity index (χ0n) is 18.2. The molecule has 2 N–H and O–H groups in total. The maximum Gasteiger partial charge on any atom is 0.416 e. The SMILES string of the molecule is Cc1c(NC(=O)COc2ccc(Cl)cc2C(=O)c2cc(F)cc(C(F)(F)F)c2)ccc(C(=O)O)c1Cl. The van der Waals surface area contributed by atoms with E-state index in [-0.39, 0.29) is 38.7 Å². The molecule has 0 heterocycles. The Balaban J connectivity index is 1.82. The van der Waals surface area contributed by atoms with Crippen molar-refractivity contribution in [3.8, 4) is 5.75 Å². The van der Waals surface area contributed by atoms with Crippen molar-refractivity contribution in [1.29, 1.82) is 0 Å². The van der Waals surface area contributed by atoms with E-state index in [0.717, 1.165) is 6.07 Å². The summed E-state index contributed by atoms with van der Waals surface area (Å²) in [6.07, 6.45) is -4.88. The number of aromatic carboxylic acids is 1. The van der Waals surface area contributed by atoms with Crippen molar-refractivity contribution in [2.24, 2.45) is 0 Å². The van der Waals surface area contributed by atoms with Crippen LogP contribution < -0.4 is 10.1 Å². The second-order valence-corrected chi connectivity index (χ2v) is 8.25. The lowest BCUT2D eigenvalue weighted by molar-refractivity contribution is -0.137. The molecule has 0 saturated carbocycles. The molecule has 0 aliphatic carbocycles. The number of carboxylic acid groups (broad SMARTS) is 1. The summed E-state index contributed by atoms with van der Waals surface area (Å²) >= 11 is 11.9. The predicted octanol–water partition coefficient (Wildman–Crippen LogP) is 6.41. The highest BCUT2D eigenvalue weighted by Crippen LogP contribution is 2.32. The van der Waals surface area contributed by atoms with Crippen molar-refractivity contribution in [2.75, 3.05) is 11.9 Å². The molecule has 0 aliphatic heterocycles. The Labute approximate surface area is 211 Å². The van der Waals surface area contributed by atoms with E-state index in [1.165, 1.54) is 31.2 Å². The van der Waals surface area contributed by atoms with E-state index in [2.05, 4.69) is 5.32 Å². The third-order valence-corrected chi connectivity index (χ3v) is 5.65. The fraction of sp³-hybridized carbons (Fsp3) is 0.125. The standard InChI is InChI=1S/C24H15Cl2F4NO5/c1-11-18(4-3-16(21(11)26)23(34)35)31-20(32)10-36-19-5-2-14(25)9-17(19)22(33)12-6-13(24(28,29)30)8-15(27)7-12/h2-9H,10H2,1H3,(H,31,32)(H,34,35). The van der Waals surface area contributed by atoms with E-state index >= 15 is 0 Å². The van der Waals surface area contributed by atoms with Gasteiger partial charge in [0, 0.05) is 16.3 Å². The molecule has 0 fully saturated rings. The minimum Gasteiger partial charge on any atom is -0.483 e. The Morgan fingerprint density at radius 3 is 2.33 bits per heavy atom. The van der Waals surface area contributed by atoms with Crippen molar-refractivity contribution < 1.29 is 41.8 Å². The second-order valence-electron chi connectivity index (χ2n) is 7.44. The van der Waals surface area contributed by atoms with E-state index in [9.17, 15) is 31.9 Å². The summed E-state index contributed by atoms with van der Waals surface area (Å²) in [7, 11) is 0. The molecule has 0 spiro atoms. The number of nitrogens with one attached hydrogen (secondary N) is 1. The van der Waals surface area contributed by atoms with Crippen LogP contribution in [0.15, 0.2) is 48.5 Å². The first-order valence-corrected chi connectivity index (χ1v) is 10.7. The van der Waals surface area contributed by atoms with Crippen LogP contribution in [0.5, 0.6) is 5.75 Å². The number of benzene rings is 3. The van der Waals surface area contributed by atoms with Crippen molar-refractivity contribution in [3.63, 3.8) is 0 Å². The summed E-state index contributed by atoms with van der Waals surface area (Å²) in [5, 5.41) is 11.6. The van der Waals surface area contributed by atoms with Crippen LogP contribution in [0, 0.1) is 12.7 Å². The average molecular weight is 544 g/mol. The first kappa shape index (κ1) is 27.0. The molecule has 0 bridgehead atoms. The van der Waals surface area contributed by atoms with Crippen LogP contribution in [0.1, 0.15) is 37.4 Å². The van der Waals surface area contributed by atoms with Gasteiger partial charge in [0.2, 0.25) is 0 Å². The van der Waals surface area contributed by atoms with Crippen molar-refractivity contribution in [3.05, 3.63) is 92.2 Å². The molecule has 0 unspecified atom stereocenters. The van der Waals surface area contributed by atoms with E-state index in [1.54, 1.807) is 0 Å². The number of carbonyl (C=O) groups excluding carboxylic acids is 2. The molecular weight excluding hydrogens is 529 g/mol. The van der Waals surface area contributed by atoms with Crippen LogP contribution in [-0.2, 0) is 11.0 Å². The number of hydrogen-bond acceptors (Lipinski definition) is 4. The summed E-state index contributed by atoms with van der Waals surface area (Å²) in [6, 6.07) is 7.61. The largest absolute Gasteiger partial charge is 0.483 e. The lowest BCUT2D eigenvalue weighted by Crippen LogP contribution is -2.21. The molecule has 188 valence electrons. The Bertz CT molecular complexity index is 1380. The minimum atomic E-state index is -4.88. The molecule has 3 rings (SSSR count). The van der Waals surface area contributed by atoms with Gasteiger partial charge in [0.25, 0.3) is 5.91 Å². The highest BCUT2D eigenvalue weighted by molar-refractivity contribution is 6.34. The van der Waals surface area contributed by atoms with Gasteiger partial charge < -0.3 is 15.2 Å². The van der Waals surface area contributed by atoms with Gasteiger partial charge >= 0.3 is 12.1 Å². The van der Waals surface area contributed by atoms with Crippen LogP contribution in [-0.4, -0.2) is 29.4 Å². The number of amides is 1. The summed E-state index contributed by atoms with van der Waals surface area (Å²) in [4.78, 5) is 36.5. The molecule has 0 aromatic heterocycles. The monoisotopic (exact) mass is 543 g/mol. The quantitative estimate of drug-likeness (QED) is 0.265. The van der Waals surface area contributed by atoms with Crippen LogP contribution in [0.25, 0.3) is 0 Å². The van der Waals surface area contributed by atoms with E-state index in [1.807, 2.05) is 0 Å². The van der Waals surface area contributed by atoms with E-state index in [4.69, 9.17) is 33.0 Å². The summed E-state index contributed by atoms with van der Waals surface area (Å²) in [6.45, 7) is 0.853. The Kier molecular flexibility index (Phi) is 7.90. The van der Waals surface area contributed by atoms with Crippen molar-refractivity contribution in [1.82, 2.24) is 0 Å². The Hall–Kier alpha value is -3.63. The predicted molar refractivity (Wildman–Crippen MR) is 124 cm³/mol. The molecule has 1 amide bonds. The summed E-state index contributed by atoms with van der Waals surface area (Å²) in [5.74, 6) is -4.42. The summed E-state index contributed by atoms with van der Waals surface area (Å²) in [5.41, 5.74) is -1.89. The van der Waals surface area contributed by atoms with Gasteiger partial charge in [-0.2, -0.15) is 13.2 Å². The number of ketones is 1. The first-order valence-electron chi connectivity index (χ1n) is 9.95. The number of carbonyl (C=O) groups is 3.